The van der Waals surface area contributed by atoms with Crippen LogP contribution in [0.25, 0.3) is 49.4 Å². The molecule has 0 bridgehead atoms. The summed E-state index contributed by atoms with van der Waals surface area (Å²) in [6.45, 7) is 9.60. The number of hydrogen-bond donors (Lipinski definition) is 0. The molecule has 2 heteroatoms. The Kier molecular flexibility index (Phi) is 5.44. The first-order chi connectivity index (χ1) is 23.4. The van der Waals surface area contributed by atoms with Crippen molar-refractivity contribution < 1.29 is 0 Å². The first-order valence-electron chi connectivity index (χ1n) is 17.0. The van der Waals surface area contributed by atoms with E-state index in [4.69, 9.17) is 0 Å². The summed E-state index contributed by atoms with van der Waals surface area (Å²) in [5, 5.41) is 5.16. The molecule has 48 heavy (non-hydrogen) atoms. The van der Waals surface area contributed by atoms with Crippen LogP contribution in [0.4, 0.5) is 17.1 Å². The van der Waals surface area contributed by atoms with E-state index < -0.39 is 0 Å². The van der Waals surface area contributed by atoms with E-state index in [0.717, 1.165) is 0 Å². The van der Waals surface area contributed by atoms with Crippen molar-refractivity contribution in [1.82, 2.24) is 4.57 Å². The van der Waals surface area contributed by atoms with E-state index in [1.54, 1.807) is 0 Å². The minimum Gasteiger partial charge on any atom is -0.309 e. The molecule has 2 nitrogen and oxygen atoms in total. The van der Waals surface area contributed by atoms with Gasteiger partial charge in [0.15, 0.2) is 0 Å². The van der Waals surface area contributed by atoms with E-state index in [1.165, 1.54) is 88.7 Å². The highest BCUT2D eigenvalue weighted by Gasteiger charge is 2.42. The van der Waals surface area contributed by atoms with Crippen LogP contribution in [-0.4, -0.2) is 4.57 Å². The fourth-order valence-electron chi connectivity index (χ4n) is 9.14. The molecule has 0 radical (unpaired) electrons. The molecule has 0 saturated heterocycles. The van der Waals surface area contributed by atoms with Crippen LogP contribution in [0.1, 0.15) is 49.9 Å². The molecular weight excluding hydrogens is 581 g/mol. The smallest absolute Gasteiger partial charge is 0.0624 e. The Hall–Kier alpha value is -5.60. The first kappa shape index (κ1) is 27.5. The van der Waals surface area contributed by atoms with E-state index in [1.807, 2.05) is 0 Å². The summed E-state index contributed by atoms with van der Waals surface area (Å²) < 4.78 is 2.49. The maximum absolute atomic E-state index is 2.58. The number of anilines is 3. The van der Waals surface area contributed by atoms with Crippen LogP contribution in [0.2, 0.25) is 0 Å². The normalized spacial score (nSPS) is 15.4. The number of rotatable bonds is 2. The van der Waals surface area contributed by atoms with Gasteiger partial charge in [0.2, 0.25) is 0 Å². The molecule has 0 amide bonds. The number of hydrogen-bond acceptors (Lipinski definition) is 1. The predicted octanol–water partition coefficient (Wildman–Crippen LogP) is 12.4. The summed E-state index contributed by atoms with van der Waals surface area (Å²) in [5.74, 6) is 0. The van der Waals surface area contributed by atoms with Gasteiger partial charge in [0.25, 0.3) is 0 Å². The van der Waals surface area contributed by atoms with Gasteiger partial charge in [-0.2, -0.15) is 0 Å². The predicted molar refractivity (Wildman–Crippen MR) is 203 cm³/mol. The van der Waals surface area contributed by atoms with Crippen molar-refractivity contribution in [3.63, 3.8) is 0 Å². The van der Waals surface area contributed by atoms with Gasteiger partial charge in [-0.3, -0.25) is 0 Å². The molecular formula is C46H36N2. The molecule has 0 spiro atoms. The Morgan fingerprint density at radius 1 is 0.458 bits per heavy atom. The molecule has 7 aromatic carbocycles. The van der Waals surface area contributed by atoms with E-state index in [2.05, 4.69) is 183 Å². The quantitative estimate of drug-likeness (QED) is 0.188. The molecule has 10 rings (SSSR count). The zero-order valence-corrected chi connectivity index (χ0v) is 27.8. The van der Waals surface area contributed by atoms with Gasteiger partial charge in [0.05, 0.1) is 22.4 Å². The van der Waals surface area contributed by atoms with Gasteiger partial charge >= 0.3 is 0 Å². The summed E-state index contributed by atoms with van der Waals surface area (Å²) in [4.78, 5) is 2.58. The lowest BCUT2D eigenvalue weighted by molar-refractivity contribution is 0.639. The van der Waals surface area contributed by atoms with Crippen molar-refractivity contribution in [2.45, 2.75) is 38.5 Å². The van der Waals surface area contributed by atoms with Crippen LogP contribution >= 0.6 is 0 Å². The van der Waals surface area contributed by atoms with Crippen LogP contribution in [0.3, 0.4) is 0 Å². The lowest BCUT2D eigenvalue weighted by Crippen LogP contribution is -2.31. The number of benzene rings is 7. The number of nitrogens with zero attached hydrogens (tertiary/aromatic N) is 2. The number of fused-ring (bicyclic) bond motifs is 12. The van der Waals surface area contributed by atoms with Crippen LogP contribution < -0.4 is 4.90 Å². The minimum absolute atomic E-state index is 0.0888. The standard InChI is InChI=1S/C46H36N2/c1-45(2)36-22-12-10-18-31(36)32-27-26-30(28-38(32)45)48-40-25-15-13-23-37(40)46(3,4)42-41-35-21-11-14-24-39(35)47(29-16-6-5-7-17-29)43(41)33-19-8-9-20-34(33)44(42)48/h5-28H,1-4H3. The average molecular weight is 617 g/mol. The zero-order chi connectivity index (χ0) is 32.4. The van der Waals surface area contributed by atoms with Crippen LogP contribution in [0.5, 0.6) is 0 Å². The molecule has 1 aliphatic carbocycles. The lowest BCUT2D eigenvalue weighted by atomic mass is 9.71. The van der Waals surface area contributed by atoms with E-state index in [0.29, 0.717) is 0 Å². The van der Waals surface area contributed by atoms with Crippen LogP contribution in [0, 0.1) is 0 Å². The second-order valence-electron chi connectivity index (χ2n) is 14.6. The fraction of sp³-hybridized carbons (Fsp3) is 0.130. The average Bonchev–Trinajstić information content (AvgIpc) is 3.58. The van der Waals surface area contributed by atoms with E-state index >= 15 is 0 Å². The molecule has 0 atom stereocenters. The van der Waals surface area contributed by atoms with E-state index in [9.17, 15) is 0 Å². The van der Waals surface area contributed by atoms with Gasteiger partial charge in [-0.1, -0.05) is 137 Å². The summed E-state index contributed by atoms with van der Waals surface area (Å²) in [6, 6.07) is 54.1. The van der Waals surface area contributed by atoms with Gasteiger partial charge < -0.3 is 9.47 Å². The van der Waals surface area contributed by atoms with Gasteiger partial charge in [-0.05, 0) is 69.8 Å². The molecule has 230 valence electrons. The van der Waals surface area contributed by atoms with Crippen molar-refractivity contribution in [2.24, 2.45) is 0 Å². The van der Waals surface area contributed by atoms with Crippen molar-refractivity contribution in [3.8, 4) is 16.8 Å². The van der Waals surface area contributed by atoms with Crippen molar-refractivity contribution in [3.05, 3.63) is 168 Å². The maximum atomic E-state index is 2.58. The Labute approximate surface area is 281 Å². The van der Waals surface area contributed by atoms with Gasteiger partial charge in [-0.25, -0.2) is 0 Å². The SMILES string of the molecule is CC1(C)c2ccccc2-c2ccc(N3c4ccccc4C(C)(C)c4c3c3ccccc3c3c4c4ccccc4n3-c3ccccc3)cc21. The molecule has 0 N–H and O–H groups in total. The molecule has 0 fully saturated rings. The number of aromatic nitrogens is 1. The van der Waals surface area contributed by atoms with E-state index in [-0.39, 0.29) is 10.8 Å². The highest BCUT2D eigenvalue weighted by atomic mass is 15.2. The number of para-hydroxylation sites is 3. The summed E-state index contributed by atoms with van der Waals surface area (Å²) in [5.41, 5.74) is 15.3. The fourth-order valence-corrected chi connectivity index (χ4v) is 9.14. The molecule has 0 unspecified atom stereocenters. The third-order valence-electron chi connectivity index (χ3n) is 11.3. The molecule has 2 heterocycles. The highest BCUT2D eigenvalue weighted by molar-refractivity contribution is 6.25. The summed E-state index contributed by atoms with van der Waals surface area (Å²) in [6.07, 6.45) is 0. The summed E-state index contributed by atoms with van der Waals surface area (Å²) in [7, 11) is 0. The maximum Gasteiger partial charge on any atom is 0.0624 e. The molecule has 1 aliphatic heterocycles. The Balaban J connectivity index is 1.38. The zero-order valence-electron chi connectivity index (χ0n) is 27.8. The van der Waals surface area contributed by atoms with Crippen LogP contribution in [0.15, 0.2) is 146 Å². The summed E-state index contributed by atoms with van der Waals surface area (Å²) >= 11 is 0. The molecule has 0 saturated carbocycles. The van der Waals surface area contributed by atoms with Crippen molar-refractivity contribution in [2.75, 3.05) is 4.90 Å². The van der Waals surface area contributed by atoms with Gasteiger partial charge in [0, 0.05) is 43.7 Å². The van der Waals surface area contributed by atoms with Crippen molar-refractivity contribution in [1.29, 1.82) is 0 Å². The molecule has 1 aromatic heterocycles. The second kappa shape index (κ2) is 9.49. The van der Waals surface area contributed by atoms with Gasteiger partial charge in [-0.15, -0.1) is 0 Å². The Morgan fingerprint density at radius 3 is 1.90 bits per heavy atom. The largest absolute Gasteiger partial charge is 0.309 e. The first-order valence-corrected chi connectivity index (χ1v) is 17.0. The monoisotopic (exact) mass is 616 g/mol. The highest BCUT2D eigenvalue weighted by Crippen LogP contribution is 2.59. The van der Waals surface area contributed by atoms with Gasteiger partial charge in [0.1, 0.15) is 0 Å². The topological polar surface area (TPSA) is 8.17 Å². The second-order valence-corrected chi connectivity index (χ2v) is 14.6. The minimum atomic E-state index is -0.261. The molecule has 2 aliphatic rings. The lowest BCUT2D eigenvalue weighted by Gasteiger charge is -2.43. The Bertz CT molecular complexity index is 2620. The molecule has 8 aromatic rings. The third-order valence-corrected chi connectivity index (χ3v) is 11.3. The van der Waals surface area contributed by atoms with Crippen molar-refractivity contribution >= 4 is 49.6 Å². The Morgan fingerprint density at radius 2 is 1.08 bits per heavy atom. The van der Waals surface area contributed by atoms with Crippen LogP contribution in [-0.2, 0) is 10.8 Å². The third kappa shape index (κ3) is 3.42.